The first-order valence-corrected chi connectivity index (χ1v) is 11.2. The monoisotopic (exact) mass is 403 g/mol. The second-order valence-electron chi connectivity index (χ2n) is 7.06. The fourth-order valence-corrected chi connectivity index (χ4v) is 3.78. The Morgan fingerprint density at radius 1 is 1.32 bits per heavy atom. The van der Waals surface area contributed by atoms with Gasteiger partial charge in [-0.1, -0.05) is 12.1 Å². The van der Waals surface area contributed by atoms with Gasteiger partial charge in [-0.15, -0.1) is 0 Å². The number of carbonyl (C=O) groups excluding carboxylic acids is 1. The zero-order valence-electron chi connectivity index (χ0n) is 15.9. The van der Waals surface area contributed by atoms with Gasteiger partial charge in [0.2, 0.25) is 10.0 Å². The van der Waals surface area contributed by atoms with Gasteiger partial charge in [-0.25, -0.2) is 13.1 Å². The number of aromatic nitrogens is 1. The minimum Gasteiger partial charge on any atom is -0.489 e. The Hall–Kier alpha value is -2.45. The van der Waals surface area contributed by atoms with Crippen molar-refractivity contribution < 1.29 is 17.9 Å². The third-order valence-electron chi connectivity index (χ3n) is 4.65. The maximum absolute atomic E-state index is 12.9. The number of nitrogens with one attached hydrogen (secondary N) is 1. The molecule has 1 aromatic carbocycles. The summed E-state index contributed by atoms with van der Waals surface area (Å²) in [5.74, 6) is 0.690. The highest BCUT2D eigenvalue weighted by atomic mass is 32.2. The first kappa shape index (κ1) is 20.3. The van der Waals surface area contributed by atoms with Gasteiger partial charge in [0.1, 0.15) is 12.4 Å². The number of hydrogen-bond acceptors (Lipinski definition) is 5. The molecule has 1 amide bonds. The molecular weight excluding hydrogens is 378 g/mol. The SMILES string of the molecule is CS(=O)(=O)NC[C@@H]1CCCN(C(=O)c2cccc(OCc3cccnc3)c2)C1. The van der Waals surface area contributed by atoms with Crippen molar-refractivity contribution in [2.75, 3.05) is 25.9 Å². The first-order chi connectivity index (χ1) is 13.4. The number of pyridine rings is 1. The van der Waals surface area contributed by atoms with E-state index in [-0.39, 0.29) is 11.8 Å². The number of hydrogen-bond donors (Lipinski definition) is 1. The number of ether oxygens (including phenoxy) is 1. The lowest BCUT2D eigenvalue weighted by Crippen LogP contribution is -2.43. The van der Waals surface area contributed by atoms with Crippen molar-refractivity contribution in [1.82, 2.24) is 14.6 Å². The molecule has 2 aromatic rings. The molecule has 1 aromatic heterocycles. The molecule has 0 radical (unpaired) electrons. The molecule has 1 atom stereocenters. The Morgan fingerprint density at radius 3 is 2.93 bits per heavy atom. The first-order valence-electron chi connectivity index (χ1n) is 9.26. The van der Waals surface area contributed by atoms with E-state index in [9.17, 15) is 13.2 Å². The number of nitrogens with zero attached hydrogens (tertiary/aromatic N) is 2. The summed E-state index contributed by atoms with van der Waals surface area (Å²) in [6.07, 6.45) is 6.36. The quantitative estimate of drug-likeness (QED) is 0.764. The molecular formula is C20H25N3O4S. The minimum absolute atomic E-state index is 0.0594. The minimum atomic E-state index is -3.22. The van der Waals surface area contributed by atoms with E-state index in [4.69, 9.17) is 4.74 Å². The molecule has 0 spiro atoms. The van der Waals surface area contributed by atoms with Crippen molar-refractivity contribution in [2.24, 2.45) is 5.92 Å². The number of benzene rings is 1. The van der Waals surface area contributed by atoms with Gasteiger partial charge >= 0.3 is 0 Å². The molecule has 0 saturated carbocycles. The number of piperidine rings is 1. The summed E-state index contributed by atoms with van der Waals surface area (Å²) < 4.78 is 30.9. The van der Waals surface area contributed by atoms with E-state index in [0.717, 1.165) is 24.7 Å². The second-order valence-corrected chi connectivity index (χ2v) is 8.89. The number of rotatable bonds is 7. The molecule has 2 heterocycles. The van der Waals surface area contributed by atoms with E-state index in [1.165, 1.54) is 0 Å². The maximum atomic E-state index is 12.9. The molecule has 7 nitrogen and oxygen atoms in total. The van der Waals surface area contributed by atoms with Crippen molar-refractivity contribution in [3.8, 4) is 5.75 Å². The summed E-state index contributed by atoms with van der Waals surface area (Å²) in [5.41, 5.74) is 1.52. The van der Waals surface area contributed by atoms with Crippen LogP contribution in [0.2, 0.25) is 0 Å². The molecule has 0 unspecified atom stereocenters. The van der Waals surface area contributed by atoms with Crippen LogP contribution in [0.4, 0.5) is 0 Å². The Morgan fingerprint density at radius 2 is 2.18 bits per heavy atom. The predicted octanol–water partition coefficient (Wildman–Crippen LogP) is 2.06. The third-order valence-corrected chi connectivity index (χ3v) is 5.34. The molecule has 0 aliphatic carbocycles. The van der Waals surface area contributed by atoms with Crippen LogP contribution in [0.5, 0.6) is 5.75 Å². The van der Waals surface area contributed by atoms with Gasteiger partial charge < -0.3 is 9.64 Å². The highest BCUT2D eigenvalue weighted by Crippen LogP contribution is 2.21. The topological polar surface area (TPSA) is 88.6 Å². The third kappa shape index (κ3) is 6.03. The summed E-state index contributed by atoms with van der Waals surface area (Å²) in [6.45, 7) is 1.96. The zero-order chi connectivity index (χ0) is 20.0. The molecule has 0 bridgehead atoms. The highest BCUT2D eigenvalue weighted by Gasteiger charge is 2.25. The van der Waals surface area contributed by atoms with Gasteiger partial charge in [-0.05, 0) is 43.0 Å². The van der Waals surface area contributed by atoms with E-state index < -0.39 is 10.0 Å². The molecule has 1 saturated heterocycles. The lowest BCUT2D eigenvalue weighted by atomic mass is 9.97. The number of likely N-dealkylation sites (tertiary alicyclic amines) is 1. The fourth-order valence-electron chi connectivity index (χ4n) is 3.24. The van der Waals surface area contributed by atoms with Crippen LogP contribution in [0.1, 0.15) is 28.8 Å². The Labute approximate surface area is 165 Å². The number of carbonyl (C=O) groups is 1. The predicted molar refractivity (Wildman–Crippen MR) is 106 cm³/mol. The van der Waals surface area contributed by atoms with Crippen LogP contribution in [0, 0.1) is 5.92 Å². The van der Waals surface area contributed by atoms with Crippen LogP contribution in [0.15, 0.2) is 48.8 Å². The lowest BCUT2D eigenvalue weighted by Gasteiger charge is -2.33. The maximum Gasteiger partial charge on any atom is 0.253 e. The largest absolute Gasteiger partial charge is 0.489 e. The molecule has 1 aliphatic rings. The van der Waals surface area contributed by atoms with Gasteiger partial charge in [-0.2, -0.15) is 0 Å². The van der Waals surface area contributed by atoms with Gasteiger partial charge in [0.05, 0.1) is 6.26 Å². The van der Waals surface area contributed by atoms with Crippen molar-refractivity contribution >= 4 is 15.9 Å². The Bertz CT molecular complexity index is 903. The van der Waals surface area contributed by atoms with E-state index in [0.29, 0.717) is 37.6 Å². The Balaban J connectivity index is 1.60. The zero-order valence-corrected chi connectivity index (χ0v) is 16.7. The van der Waals surface area contributed by atoms with E-state index in [1.807, 2.05) is 18.2 Å². The fraction of sp³-hybridized carbons (Fsp3) is 0.400. The molecule has 150 valence electrons. The van der Waals surface area contributed by atoms with Crippen LogP contribution in [0.3, 0.4) is 0 Å². The number of sulfonamides is 1. The van der Waals surface area contributed by atoms with Crippen LogP contribution < -0.4 is 9.46 Å². The van der Waals surface area contributed by atoms with Crippen molar-refractivity contribution in [1.29, 1.82) is 0 Å². The van der Waals surface area contributed by atoms with Crippen LogP contribution in [0.25, 0.3) is 0 Å². The highest BCUT2D eigenvalue weighted by molar-refractivity contribution is 7.88. The van der Waals surface area contributed by atoms with Gasteiger partial charge in [-0.3, -0.25) is 9.78 Å². The molecule has 3 rings (SSSR count). The van der Waals surface area contributed by atoms with Gasteiger partial charge in [0.25, 0.3) is 5.91 Å². The molecule has 8 heteroatoms. The van der Waals surface area contributed by atoms with Crippen LogP contribution >= 0.6 is 0 Å². The van der Waals surface area contributed by atoms with Crippen LogP contribution in [-0.4, -0.2) is 50.1 Å². The van der Waals surface area contributed by atoms with Gasteiger partial charge in [0, 0.05) is 43.2 Å². The molecule has 1 fully saturated rings. The normalized spacial score (nSPS) is 17.3. The summed E-state index contributed by atoms with van der Waals surface area (Å²) >= 11 is 0. The van der Waals surface area contributed by atoms with Crippen molar-refractivity contribution in [3.63, 3.8) is 0 Å². The van der Waals surface area contributed by atoms with Crippen molar-refractivity contribution in [3.05, 3.63) is 59.9 Å². The summed E-state index contributed by atoms with van der Waals surface area (Å²) in [5, 5.41) is 0. The van der Waals surface area contributed by atoms with Gasteiger partial charge in [0.15, 0.2) is 0 Å². The standard InChI is InChI=1S/C20H25N3O4S/c1-28(25,26)22-13-16-6-4-10-23(14-16)20(24)18-7-2-8-19(11-18)27-15-17-5-3-9-21-12-17/h2-3,5,7-9,11-12,16,22H,4,6,10,13-15H2,1H3/t16-/m0/s1. The average Bonchev–Trinajstić information content (AvgIpc) is 2.71. The molecule has 1 aliphatic heterocycles. The van der Waals surface area contributed by atoms with E-state index in [2.05, 4.69) is 9.71 Å². The lowest BCUT2D eigenvalue weighted by molar-refractivity contribution is 0.0676. The average molecular weight is 404 g/mol. The Kier molecular flexibility index (Phi) is 6.64. The number of amides is 1. The van der Waals surface area contributed by atoms with Crippen LogP contribution in [-0.2, 0) is 16.6 Å². The summed E-state index contributed by atoms with van der Waals surface area (Å²) in [6, 6.07) is 10.9. The summed E-state index contributed by atoms with van der Waals surface area (Å²) in [4.78, 5) is 18.7. The molecule has 1 N–H and O–H groups in total. The summed E-state index contributed by atoms with van der Waals surface area (Å²) in [7, 11) is -3.22. The van der Waals surface area contributed by atoms with E-state index >= 15 is 0 Å². The van der Waals surface area contributed by atoms with Crippen molar-refractivity contribution in [2.45, 2.75) is 19.4 Å². The molecule has 28 heavy (non-hydrogen) atoms. The van der Waals surface area contributed by atoms with E-state index in [1.54, 1.807) is 35.5 Å². The second kappa shape index (κ2) is 9.16. The smallest absolute Gasteiger partial charge is 0.253 e.